The number of aliphatic hydroxyl groups excluding tert-OH is 1. The molecule has 6 nitrogen and oxygen atoms in total. The van der Waals surface area contributed by atoms with Gasteiger partial charge in [-0.1, -0.05) is 0 Å². The Bertz CT molecular complexity index is 848. The van der Waals surface area contributed by atoms with Crippen molar-refractivity contribution in [1.29, 1.82) is 0 Å². The van der Waals surface area contributed by atoms with Crippen LogP contribution in [0.5, 0.6) is 11.5 Å². The van der Waals surface area contributed by atoms with Gasteiger partial charge in [-0.3, -0.25) is 4.72 Å². The number of ether oxygens (including phenoxy) is 2. The molecule has 7 heteroatoms. The van der Waals surface area contributed by atoms with Crippen LogP contribution in [0.1, 0.15) is 18.1 Å². The molecule has 1 aliphatic rings. The van der Waals surface area contributed by atoms with E-state index in [1.54, 1.807) is 30.3 Å². The fourth-order valence-corrected chi connectivity index (χ4v) is 3.71. The Morgan fingerprint density at radius 1 is 1.25 bits per heavy atom. The molecule has 0 unspecified atom stereocenters. The van der Waals surface area contributed by atoms with Crippen molar-refractivity contribution in [1.82, 2.24) is 0 Å². The summed E-state index contributed by atoms with van der Waals surface area (Å²) in [5.41, 5.74) is 1.79. The minimum Gasteiger partial charge on any atom is -0.494 e. The summed E-state index contributed by atoms with van der Waals surface area (Å²) in [5.74, 6) is 1.27. The number of nitrogens with one attached hydrogen (secondary N) is 1. The highest BCUT2D eigenvalue weighted by molar-refractivity contribution is 7.92. The Balaban J connectivity index is 1.86. The third-order valence-electron chi connectivity index (χ3n) is 3.75. The second kappa shape index (κ2) is 6.70. The Morgan fingerprint density at radius 3 is 2.83 bits per heavy atom. The fraction of sp³-hybridized carbons (Fsp3) is 0.294. The highest BCUT2D eigenvalue weighted by atomic mass is 32.2. The Hall–Kier alpha value is -2.25. The third-order valence-corrected chi connectivity index (χ3v) is 5.13. The van der Waals surface area contributed by atoms with Crippen molar-refractivity contribution in [3.05, 3.63) is 47.5 Å². The first-order chi connectivity index (χ1) is 11.5. The van der Waals surface area contributed by atoms with Crippen LogP contribution < -0.4 is 14.2 Å². The van der Waals surface area contributed by atoms with Gasteiger partial charge in [0.05, 0.1) is 24.7 Å². The molecule has 1 aliphatic heterocycles. The van der Waals surface area contributed by atoms with Crippen molar-refractivity contribution in [2.75, 3.05) is 17.9 Å². The molecule has 0 radical (unpaired) electrons. The second-order valence-electron chi connectivity index (χ2n) is 5.39. The summed E-state index contributed by atoms with van der Waals surface area (Å²) in [4.78, 5) is 0.186. The first-order valence-corrected chi connectivity index (χ1v) is 9.17. The molecule has 128 valence electrons. The van der Waals surface area contributed by atoms with E-state index in [9.17, 15) is 13.5 Å². The van der Waals surface area contributed by atoms with Crippen LogP contribution in [0.3, 0.4) is 0 Å². The summed E-state index contributed by atoms with van der Waals surface area (Å²) < 4.78 is 38.5. The number of fused-ring (bicyclic) bond motifs is 1. The van der Waals surface area contributed by atoms with Crippen LogP contribution in [-0.2, 0) is 23.1 Å². The minimum absolute atomic E-state index is 0.186. The zero-order chi connectivity index (χ0) is 17.2. The maximum absolute atomic E-state index is 12.6. The second-order valence-corrected chi connectivity index (χ2v) is 7.07. The topological polar surface area (TPSA) is 84.9 Å². The van der Waals surface area contributed by atoms with Crippen LogP contribution >= 0.6 is 0 Å². The fourth-order valence-electron chi connectivity index (χ4n) is 2.61. The average molecular weight is 349 g/mol. The molecule has 2 N–H and O–H groups in total. The van der Waals surface area contributed by atoms with Crippen LogP contribution in [-0.4, -0.2) is 26.7 Å². The molecule has 0 fully saturated rings. The van der Waals surface area contributed by atoms with E-state index >= 15 is 0 Å². The summed E-state index contributed by atoms with van der Waals surface area (Å²) >= 11 is 0. The normalized spacial score (nSPS) is 13.2. The Kier molecular flexibility index (Phi) is 4.64. The molecule has 3 rings (SSSR count). The van der Waals surface area contributed by atoms with E-state index in [-0.39, 0.29) is 11.5 Å². The number of hydrogen-bond acceptors (Lipinski definition) is 5. The summed E-state index contributed by atoms with van der Waals surface area (Å²) in [7, 11) is -3.71. The number of sulfonamides is 1. The first kappa shape index (κ1) is 16.6. The Labute approximate surface area is 141 Å². The minimum atomic E-state index is -3.71. The van der Waals surface area contributed by atoms with Crippen molar-refractivity contribution in [2.45, 2.75) is 24.8 Å². The highest BCUT2D eigenvalue weighted by Crippen LogP contribution is 2.29. The largest absolute Gasteiger partial charge is 0.494 e. The van der Waals surface area contributed by atoms with Gasteiger partial charge in [-0.25, -0.2) is 8.42 Å². The lowest BCUT2D eigenvalue weighted by Gasteiger charge is -2.13. The average Bonchev–Trinajstić information content (AvgIpc) is 3.03. The smallest absolute Gasteiger partial charge is 0.261 e. The lowest BCUT2D eigenvalue weighted by Crippen LogP contribution is -2.13. The lowest BCUT2D eigenvalue weighted by atomic mass is 10.2. The molecular weight excluding hydrogens is 330 g/mol. The van der Waals surface area contributed by atoms with Gasteiger partial charge in [-0.2, -0.15) is 0 Å². The van der Waals surface area contributed by atoms with Gasteiger partial charge in [0.15, 0.2) is 0 Å². The van der Waals surface area contributed by atoms with E-state index in [1.807, 2.05) is 6.92 Å². The maximum Gasteiger partial charge on any atom is 0.261 e. The van der Waals surface area contributed by atoms with Gasteiger partial charge >= 0.3 is 0 Å². The van der Waals surface area contributed by atoms with Crippen LogP contribution in [0.25, 0.3) is 0 Å². The summed E-state index contributed by atoms with van der Waals surface area (Å²) in [6, 6.07) is 9.65. The zero-order valence-corrected chi connectivity index (χ0v) is 14.1. The van der Waals surface area contributed by atoms with Gasteiger partial charge in [0.1, 0.15) is 11.5 Å². The number of anilines is 1. The quantitative estimate of drug-likeness (QED) is 0.836. The molecule has 0 saturated carbocycles. The van der Waals surface area contributed by atoms with Crippen LogP contribution in [0.15, 0.2) is 41.3 Å². The van der Waals surface area contributed by atoms with Crippen molar-refractivity contribution >= 4 is 15.7 Å². The predicted molar refractivity (Wildman–Crippen MR) is 90.0 cm³/mol. The van der Waals surface area contributed by atoms with E-state index in [0.29, 0.717) is 36.6 Å². The lowest BCUT2D eigenvalue weighted by molar-refractivity contribution is 0.267. The SMILES string of the molecule is CCOc1ccc(NS(=O)(=O)c2ccc3c(c2)CCO3)cc1CO. The summed E-state index contributed by atoms with van der Waals surface area (Å²) in [5, 5.41) is 9.42. The zero-order valence-electron chi connectivity index (χ0n) is 13.3. The van der Waals surface area contributed by atoms with Gasteiger partial charge in [0.25, 0.3) is 10.0 Å². The van der Waals surface area contributed by atoms with Crippen LogP contribution in [0.4, 0.5) is 5.69 Å². The highest BCUT2D eigenvalue weighted by Gasteiger charge is 2.19. The van der Waals surface area contributed by atoms with E-state index in [0.717, 1.165) is 11.3 Å². The molecule has 0 bridgehead atoms. The maximum atomic E-state index is 12.6. The van der Waals surface area contributed by atoms with E-state index in [1.165, 1.54) is 6.07 Å². The molecule has 0 amide bonds. The standard InChI is InChI=1S/C17H19NO5S/c1-2-22-17-5-3-14(9-13(17)11-19)18-24(20,21)15-4-6-16-12(10-15)7-8-23-16/h3-6,9-10,18-19H,2,7-8,11H2,1H3. The monoisotopic (exact) mass is 349 g/mol. The van der Waals surface area contributed by atoms with E-state index in [2.05, 4.69) is 4.72 Å². The number of aliphatic hydroxyl groups is 1. The van der Waals surface area contributed by atoms with E-state index < -0.39 is 10.0 Å². The van der Waals surface area contributed by atoms with E-state index in [4.69, 9.17) is 9.47 Å². The molecule has 0 aromatic heterocycles. The van der Waals surface area contributed by atoms with Gasteiger partial charge in [-0.05, 0) is 48.9 Å². The molecule has 0 atom stereocenters. The van der Waals surface area contributed by atoms with Gasteiger partial charge in [0, 0.05) is 17.7 Å². The molecule has 0 aliphatic carbocycles. The van der Waals surface area contributed by atoms with Gasteiger partial charge < -0.3 is 14.6 Å². The molecule has 2 aromatic carbocycles. The van der Waals surface area contributed by atoms with Gasteiger partial charge in [-0.15, -0.1) is 0 Å². The van der Waals surface area contributed by atoms with Gasteiger partial charge in [0.2, 0.25) is 0 Å². The van der Waals surface area contributed by atoms with Crippen molar-refractivity contribution in [3.8, 4) is 11.5 Å². The molecule has 2 aromatic rings. The third kappa shape index (κ3) is 3.32. The summed E-state index contributed by atoms with van der Waals surface area (Å²) in [6.45, 7) is 2.65. The first-order valence-electron chi connectivity index (χ1n) is 7.68. The van der Waals surface area contributed by atoms with Crippen molar-refractivity contribution in [2.24, 2.45) is 0 Å². The molecule has 0 saturated heterocycles. The Morgan fingerprint density at radius 2 is 2.08 bits per heavy atom. The van der Waals surface area contributed by atoms with Crippen molar-refractivity contribution in [3.63, 3.8) is 0 Å². The molecule has 1 heterocycles. The number of rotatable bonds is 6. The predicted octanol–water partition coefficient (Wildman–Crippen LogP) is 2.31. The summed E-state index contributed by atoms with van der Waals surface area (Å²) in [6.07, 6.45) is 0.705. The number of benzene rings is 2. The molecule has 24 heavy (non-hydrogen) atoms. The van der Waals surface area contributed by atoms with Crippen LogP contribution in [0.2, 0.25) is 0 Å². The molecule has 0 spiro atoms. The number of hydrogen-bond donors (Lipinski definition) is 2. The van der Waals surface area contributed by atoms with Crippen LogP contribution in [0, 0.1) is 0 Å². The molecular formula is C17H19NO5S. The van der Waals surface area contributed by atoms with Crippen molar-refractivity contribution < 1.29 is 23.0 Å².